The van der Waals surface area contributed by atoms with Crippen molar-refractivity contribution in [1.29, 1.82) is 0 Å². The van der Waals surface area contributed by atoms with Crippen molar-refractivity contribution in [2.45, 2.75) is 25.3 Å². The number of carbonyl (C=O) groups is 1. The van der Waals surface area contributed by atoms with E-state index in [1.165, 1.54) is 37.9 Å². The second-order valence-corrected chi connectivity index (χ2v) is 6.71. The van der Waals surface area contributed by atoms with E-state index in [0.29, 0.717) is 5.56 Å². The van der Waals surface area contributed by atoms with Crippen molar-refractivity contribution in [3.05, 3.63) is 35.6 Å². The van der Waals surface area contributed by atoms with Crippen LogP contribution in [0.1, 0.15) is 29.6 Å². The molecule has 2 saturated heterocycles. The summed E-state index contributed by atoms with van der Waals surface area (Å²) in [5, 5.41) is 0. The first kappa shape index (κ1) is 16.4. The second kappa shape index (κ2) is 7.41. The Morgan fingerprint density at radius 2 is 1.83 bits per heavy atom. The second-order valence-electron chi connectivity index (χ2n) is 6.71. The Balaban J connectivity index is 1.44. The Labute approximate surface area is 137 Å². The van der Waals surface area contributed by atoms with Gasteiger partial charge >= 0.3 is 0 Å². The quantitative estimate of drug-likeness (QED) is 0.850. The lowest BCUT2D eigenvalue weighted by atomic mass is 10.1. The molecule has 3 rings (SSSR count). The van der Waals surface area contributed by atoms with Crippen LogP contribution in [0.4, 0.5) is 4.39 Å². The summed E-state index contributed by atoms with van der Waals surface area (Å²) in [5.41, 5.74) is 0.576. The highest BCUT2D eigenvalue weighted by Gasteiger charge is 2.24. The molecular weight excluding hydrogens is 293 g/mol. The average Bonchev–Trinajstić information content (AvgIpc) is 2.99. The summed E-state index contributed by atoms with van der Waals surface area (Å²) in [5.74, 6) is -0.288. The fourth-order valence-electron chi connectivity index (χ4n) is 3.63. The van der Waals surface area contributed by atoms with Crippen molar-refractivity contribution in [2.75, 3.05) is 46.3 Å². The zero-order valence-electron chi connectivity index (χ0n) is 13.9. The van der Waals surface area contributed by atoms with Crippen molar-refractivity contribution in [3.63, 3.8) is 0 Å². The molecule has 0 aliphatic carbocycles. The fourth-order valence-corrected chi connectivity index (χ4v) is 3.63. The molecule has 23 heavy (non-hydrogen) atoms. The third-order valence-corrected chi connectivity index (χ3v) is 5.20. The van der Waals surface area contributed by atoms with Crippen LogP contribution in [-0.2, 0) is 0 Å². The number of rotatable bonds is 4. The maximum Gasteiger partial charge on any atom is 0.253 e. The number of hydrogen-bond donors (Lipinski definition) is 0. The van der Waals surface area contributed by atoms with Crippen LogP contribution in [0, 0.1) is 5.82 Å². The van der Waals surface area contributed by atoms with E-state index in [2.05, 4.69) is 16.8 Å². The molecule has 0 saturated carbocycles. The third-order valence-electron chi connectivity index (χ3n) is 5.20. The van der Waals surface area contributed by atoms with Crippen LogP contribution in [0.2, 0.25) is 0 Å². The van der Waals surface area contributed by atoms with Gasteiger partial charge in [0.1, 0.15) is 5.82 Å². The summed E-state index contributed by atoms with van der Waals surface area (Å²) in [6.07, 6.45) is 3.86. The minimum atomic E-state index is -0.303. The van der Waals surface area contributed by atoms with Gasteiger partial charge in [-0.15, -0.1) is 0 Å². The van der Waals surface area contributed by atoms with E-state index in [1.807, 2.05) is 4.90 Å². The maximum atomic E-state index is 12.9. The standard InChI is InChI=1S/C18H26FN3O/c1-20-9-2-3-17(20)8-10-21-11-13-22(14-12-21)18(23)15-4-6-16(19)7-5-15/h4-7,17H,2-3,8-14H2,1H3/t17-/m0/s1. The van der Waals surface area contributed by atoms with Crippen LogP contribution in [0.5, 0.6) is 0 Å². The van der Waals surface area contributed by atoms with E-state index in [0.717, 1.165) is 38.8 Å². The zero-order valence-corrected chi connectivity index (χ0v) is 13.9. The minimum Gasteiger partial charge on any atom is -0.336 e. The SMILES string of the molecule is CN1CCC[C@H]1CCN1CCN(C(=O)c2ccc(F)cc2)CC1. The number of benzene rings is 1. The molecule has 1 aromatic rings. The van der Waals surface area contributed by atoms with Crippen molar-refractivity contribution >= 4 is 5.91 Å². The maximum absolute atomic E-state index is 12.9. The lowest BCUT2D eigenvalue weighted by molar-refractivity contribution is 0.0628. The lowest BCUT2D eigenvalue weighted by Crippen LogP contribution is -2.49. The molecule has 0 bridgehead atoms. The zero-order chi connectivity index (χ0) is 16.2. The predicted octanol–water partition coefficient (Wildman–Crippen LogP) is 2.07. The first-order valence-electron chi connectivity index (χ1n) is 8.61. The number of carbonyl (C=O) groups excluding carboxylic acids is 1. The number of likely N-dealkylation sites (tertiary alicyclic amines) is 1. The van der Waals surface area contributed by atoms with E-state index in [9.17, 15) is 9.18 Å². The molecule has 2 aliphatic heterocycles. The van der Waals surface area contributed by atoms with Gasteiger partial charge in [-0.3, -0.25) is 9.69 Å². The molecule has 2 aliphatic rings. The fraction of sp³-hybridized carbons (Fsp3) is 0.611. The van der Waals surface area contributed by atoms with Gasteiger partial charge in [0.2, 0.25) is 0 Å². The molecule has 0 spiro atoms. The van der Waals surface area contributed by atoms with E-state index in [1.54, 1.807) is 12.1 Å². The summed E-state index contributed by atoms with van der Waals surface area (Å²) in [4.78, 5) is 19.2. The third kappa shape index (κ3) is 4.09. The van der Waals surface area contributed by atoms with Crippen LogP contribution in [0.25, 0.3) is 0 Å². The molecular formula is C18H26FN3O. The highest BCUT2D eigenvalue weighted by atomic mass is 19.1. The van der Waals surface area contributed by atoms with Crippen molar-refractivity contribution < 1.29 is 9.18 Å². The normalized spacial score (nSPS) is 23.4. The summed E-state index contributed by atoms with van der Waals surface area (Å²) in [6, 6.07) is 6.57. The molecule has 126 valence electrons. The van der Waals surface area contributed by atoms with Crippen LogP contribution in [0.15, 0.2) is 24.3 Å². The molecule has 0 radical (unpaired) electrons. The van der Waals surface area contributed by atoms with Gasteiger partial charge < -0.3 is 9.80 Å². The molecule has 1 atom stereocenters. The van der Waals surface area contributed by atoms with E-state index >= 15 is 0 Å². The van der Waals surface area contributed by atoms with Gasteiger partial charge in [0.15, 0.2) is 0 Å². The number of nitrogens with zero attached hydrogens (tertiary/aromatic N) is 3. The van der Waals surface area contributed by atoms with Crippen molar-refractivity contribution in [1.82, 2.24) is 14.7 Å². The molecule has 0 unspecified atom stereocenters. The lowest BCUT2D eigenvalue weighted by Gasteiger charge is -2.35. The summed E-state index contributed by atoms with van der Waals surface area (Å²) in [6.45, 7) is 5.73. The first-order chi connectivity index (χ1) is 11.1. The average molecular weight is 319 g/mol. The van der Waals surface area contributed by atoms with Crippen LogP contribution < -0.4 is 0 Å². The molecule has 0 aromatic heterocycles. The summed E-state index contributed by atoms with van der Waals surface area (Å²) >= 11 is 0. The number of halogens is 1. The Morgan fingerprint density at radius 1 is 1.13 bits per heavy atom. The molecule has 0 N–H and O–H groups in total. The molecule has 2 fully saturated rings. The van der Waals surface area contributed by atoms with Gasteiger partial charge in [-0.25, -0.2) is 4.39 Å². The van der Waals surface area contributed by atoms with Crippen LogP contribution in [-0.4, -0.2) is 73.0 Å². The monoisotopic (exact) mass is 319 g/mol. The Bertz CT molecular complexity index is 526. The molecule has 5 heteroatoms. The largest absolute Gasteiger partial charge is 0.336 e. The predicted molar refractivity (Wildman–Crippen MR) is 89.0 cm³/mol. The number of hydrogen-bond acceptors (Lipinski definition) is 3. The van der Waals surface area contributed by atoms with Gasteiger partial charge in [-0.05, 0) is 63.7 Å². The summed E-state index contributed by atoms with van der Waals surface area (Å²) < 4.78 is 12.9. The highest BCUT2D eigenvalue weighted by Crippen LogP contribution is 2.18. The molecule has 1 aromatic carbocycles. The summed E-state index contributed by atoms with van der Waals surface area (Å²) in [7, 11) is 2.22. The smallest absolute Gasteiger partial charge is 0.253 e. The minimum absolute atomic E-state index is 0.0141. The van der Waals surface area contributed by atoms with Gasteiger partial charge in [0.25, 0.3) is 5.91 Å². The van der Waals surface area contributed by atoms with Gasteiger partial charge in [-0.2, -0.15) is 0 Å². The van der Waals surface area contributed by atoms with E-state index < -0.39 is 0 Å². The number of amides is 1. The van der Waals surface area contributed by atoms with Crippen LogP contribution in [0.3, 0.4) is 0 Å². The molecule has 2 heterocycles. The van der Waals surface area contributed by atoms with E-state index in [-0.39, 0.29) is 11.7 Å². The van der Waals surface area contributed by atoms with Crippen molar-refractivity contribution in [2.24, 2.45) is 0 Å². The molecule has 4 nitrogen and oxygen atoms in total. The van der Waals surface area contributed by atoms with Crippen LogP contribution >= 0.6 is 0 Å². The Morgan fingerprint density at radius 3 is 2.43 bits per heavy atom. The van der Waals surface area contributed by atoms with E-state index in [4.69, 9.17) is 0 Å². The Kier molecular flexibility index (Phi) is 5.28. The topological polar surface area (TPSA) is 26.8 Å². The van der Waals surface area contributed by atoms with Gasteiger partial charge in [0, 0.05) is 37.8 Å². The van der Waals surface area contributed by atoms with Gasteiger partial charge in [0.05, 0.1) is 0 Å². The van der Waals surface area contributed by atoms with Crippen molar-refractivity contribution in [3.8, 4) is 0 Å². The molecule has 1 amide bonds. The Hall–Kier alpha value is -1.46. The number of piperazine rings is 1. The van der Waals surface area contributed by atoms with Gasteiger partial charge in [-0.1, -0.05) is 0 Å². The first-order valence-corrected chi connectivity index (χ1v) is 8.61. The highest BCUT2D eigenvalue weighted by molar-refractivity contribution is 5.94.